The molecule has 168 valence electrons. The molecule has 0 aliphatic heterocycles. The fourth-order valence-electron chi connectivity index (χ4n) is 3.01. The van der Waals surface area contributed by atoms with Crippen molar-refractivity contribution in [2.75, 3.05) is 19.8 Å². The minimum Gasteiger partial charge on any atom is -0.547 e. The van der Waals surface area contributed by atoms with Gasteiger partial charge in [-0.05, 0) is 61.0 Å². The molecule has 6 nitrogen and oxygen atoms in total. The number of para-hydroxylation sites is 1. The molecule has 32 heavy (non-hydrogen) atoms. The molecule has 0 saturated heterocycles. The van der Waals surface area contributed by atoms with Gasteiger partial charge in [0.1, 0.15) is 29.1 Å². The van der Waals surface area contributed by atoms with Crippen molar-refractivity contribution in [3.05, 3.63) is 84.4 Å². The van der Waals surface area contributed by atoms with Gasteiger partial charge in [0.25, 0.3) is 0 Å². The molecule has 0 heterocycles. The van der Waals surface area contributed by atoms with Gasteiger partial charge in [-0.15, -0.1) is 0 Å². The molecule has 0 radical (unpaired) electrons. The van der Waals surface area contributed by atoms with E-state index >= 15 is 0 Å². The van der Waals surface area contributed by atoms with E-state index in [4.69, 9.17) is 18.9 Å². The fraction of sp³-hybridized carbons (Fsp3) is 0.269. The SMILES string of the molecule is CCO[C@@H](Cc1ccc(OCCCOc2ccc(Oc3ccccc3)cc2)cc1)C(=O)[O-]. The van der Waals surface area contributed by atoms with Crippen molar-refractivity contribution >= 4 is 5.97 Å². The summed E-state index contributed by atoms with van der Waals surface area (Å²) in [6, 6.07) is 24.4. The van der Waals surface area contributed by atoms with Crippen LogP contribution in [-0.4, -0.2) is 31.9 Å². The van der Waals surface area contributed by atoms with Crippen LogP contribution < -0.4 is 19.3 Å². The van der Waals surface area contributed by atoms with Gasteiger partial charge < -0.3 is 28.8 Å². The third-order valence-corrected chi connectivity index (χ3v) is 4.60. The van der Waals surface area contributed by atoms with E-state index < -0.39 is 12.1 Å². The second kappa shape index (κ2) is 12.4. The Morgan fingerprint density at radius 3 is 1.88 bits per heavy atom. The smallest absolute Gasteiger partial charge is 0.127 e. The molecular formula is C26H27O6-. The molecule has 3 aromatic rings. The lowest BCUT2D eigenvalue weighted by atomic mass is 10.1. The Kier molecular flexibility index (Phi) is 8.95. The van der Waals surface area contributed by atoms with Crippen LogP contribution in [0.4, 0.5) is 0 Å². The highest BCUT2D eigenvalue weighted by Gasteiger charge is 2.10. The average Bonchev–Trinajstić information content (AvgIpc) is 2.81. The summed E-state index contributed by atoms with van der Waals surface area (Å²) >= 11 is 0. The van der Waals surface area contributed by atoms with Gasteiger partial charge in [0.05, 0.1) is 19.2 Å². The van der Waals surface area contributed by atoms with Gasteiger partial charge in [-0.3, -0.25) is 0 Å². The van der Waals surface area contributed by atoms with Crippen molar-refractivity contribution in [1.29, 1.82) is 0 Å². The summed E-state index contributed by atoms with van der Waals surface area (Å²) in [6.45, 7) is 3.12. The van der Waals surface area contributed by atoms with E-state index in [0.717, 1.165) is 35.0 Å². The molecule has 0 fully saturated rings. The summed E-state index contributed by atoms with van der Waals surface area (Å²) in [6.07, 6.45) is 0.0449. The van der Waals surface area contributed by atoms with Crippen molar-refractivity contribution in [2.45, 2.75) is 25.9 Å². The molecule has 0 saturated carbocycles. The first-order valence-corrected chi connectivity index (χ1v) is 10.6. The first-order chi connectivity index (χ1) is 15.6. The zero-order valence-electron chi connectivity index (χ0n) is 18.1. The van der Waals surface area contributed by atoms with Crippen molar-refractivity contribution < 1.29 is 28.8 Å². The molecular weight excluding hydrogens is 408 g/mol. The number of aliphatic carboxylic acids is 1. The van der Waals surface area contributed by atoms with Gasteiger partial charge >= 0.3 is 0 Å². The number of hydrogen-bond donors (Lipinski definition) is 0. The van der Waals surface area contributed by atoms with Crippen LogP contribution >= 0.6 is 0 Å². The highest BCUT2D eigenvalue weighted by Crippen LogP contribution is 2.23. The number of carbonyl (C=O) groups is 1. The number of hydrogen-bond acceptors (Lipinski definition) is 6. The molecule has 3 aromatic carbocycles. The minimum absolute atomic E-state index is 0.263. The first kappa shape index (κ1) is 23.2. The fourth-order valence-corrected chi connectivity index (χ4v) is 3.01. The normalized spacial score (nSPS) is 11.5. The lowest BCUT2D eigenvalue weighted by Gasteiger charge is -2.18. The zero-order chi connectivity index (χ0) is 22.6. The summed E-state index contributed by atoms with van der Waals surface area (Å²) in [4.78, 5) is 11.1. The lowest BCUT2D eigenvalue weighted by Crippen LogP contribution is -2.39. The lowest BCUT2D eigenvalue weighted by molar-refractivity contribution is -0.316. The van der Waals surface area contributed by atoms with Crippen LogP contribution in [0.1, 0.15) is 18.9 Å². The van der Waals surface area contributed by atoms with Crippen LogP contribution in [0.25, 0.3) is 0 Å². The molecule has 0 unspecified atom stereocenters. The molecule has 0 aliphatic carbocycles. The monoisotopic (exact) mass is 435 g/mol. The van der Waals surface area contributed by atoms with Gasteiger partial charge in [-0.25, -0.2) is 0 Å². The van der Waals surface area contributed by atoms with E-state index in [0.29, 0.717) is 19.8 Å². The van der Waals surface area contributed by atoms with Crippen LogP contribution in [0.3, 0.4) is 0 Å². The van der Waals surface area contributed by atoms with Crippen LogP contribution in [0.15, 0.2) is 78.9 Å². The van der Waals surface area contributed by atoms with Gasteiger partial charge in [0.15, 0.2) is 0 Å². The number of benzene rings is 3. The van der Waals surface area contributed by atoms with Gasteiger partial charge in [0.2, 0.25) is 0 Å². The van der Waals surface area contributed by atoms with Gasteiger partial charge in [-0.2, -0.15) is 0 Å². The molecule has 0 amide bonds. The van der Waals surface area contributed by atoms with Crippen molar-refractivity contribution in [3.8, 4) is 23.0 Å². The summed E-state index contributed by atoms with van der Waals surface area (Å²) in [5, 5.41) is 11.1. The predicted octanol–water partition coefficient (Wildman–Crippen LogP) is 4.02. The number of carboxylic acid groups (broad SMARTS) is 1. The second-order valence-corrected chi connectivity index (χ2v) is 7.05. The Morgan fingerprint density at radius 1 is 0.781 bits per heavy atom. The molecule has 0 spiro atoms. The number of rotatable bonds is 13. The number of ether oxygens (including phenoxy) is 4. The summed E-state index contributed by atoms with van der Waals surface area (Å²) in [5.41, 5.74) is 0.850. The first-order valence-electron chi connectivity index (χ1n) is 10.6. The molecule has 0 aliphatic rings. The number of carbonyl (C=O) groups excluding carboxylic acids is 1. The summed E-state index contributed by atoms with van der Waals surface area (Å²) < 4.78 is 22.4. The predicted molar refractivity (Wildman–Crippen MR) is 119 cm³/mol. The van der Waals surface area contributed by atoms with Crippen LogP contribution in [0.2, 0.25) is 0 Å². The molecule has 0 N–H and O–H groups in total. The Labute approximate surface area is 188 Å². The molecule has 1 atom stereocenters. The van der Waals surface area contributed by atoms with Crippen molar-refractivity contribution in [2.24, 2.45) is 0 Å². The maximum Gasteiger partial charge on any atom is 0.127 e. The molecule has 0 bridgehead atoms. The Balaban J connectivity index is 1.35. The third-order valence-electron chi connectivity index (χ3n) is 4.60. The quantitative estimate of drug-likeness (QED) is 0.378. The zero-order valence-corrected chi connectivity index (χ0v) is 18.1. The minimum atomic E-state index is -1.20. The Hall–Kier alpha value is -3.51. The number of carboxylic acids is 1. The molecule has 0 aromatic heterocycles. The van der Waals surface area contributed by atoms with E-state index in [1.165, 1.54) is 0 Å². The third kappa shape index (κ3) is 7.63. The standard InChI is InChI=1S/C26H28O6/c1-2-29-25(26(27)28)19-20-9-11-21(12-10-20)30-17-6-18-31-22-13-15-24(16-14-22)32-23-7-4-3-5-8-23/h3-5,7-16,25H,2,6,17-19H2,1H3,(H,27,28)/p-1/t25-/m0/s1. The van der Waals surface area contributed by atoms with Crippen molar-refractivity contribution in [3.63, 3.8) is 0 Å². The van der Waals surface area contributed by atoms with E-state index in [1.807, 2.05) is 78.9 Å². The Bertz CT molecular complexity index is 938. The van der Waals surface area contributed by atoms with Crippen LogP contribution in [0, 0.1) is 0 Å². The highest BCUT2D eigenvalue weighted by atomic mass is 16.5. The van der Waals surface area contributed by atoms with E-state index in [1.54, 1.807) is 6.92 Å². The maximum absolute atomic E-state index is 11.1. The second-order valence-electron chi connectivity index (χ2n) is 7.05. The van der Waals surface area contributed by atoms with Crippen LogP contribution in [0.5, 0.6) is 23.0 Å². The molecule has 6 heteroatoms. The average molecular weight is 435 g/mol. The van der Waals surface area contributed by atoms with Gasteiger partial charge in [0, 0.05) is 19.4 Å². The Morgan fingerprint density at radius 2 is 1.31 bits per heavy atom. The summed E-state index contributed by atoms with van der Waals surface area (Å²) in [7, 11) is 0. The van der Waals surface area contributed by atoms with E-state index in [-0.39, 0.29) is 6.42 Å². The topological polar surface area (TPSA) is 77.0 Å². The highest BCUT2D eigenvalue weighted by molar-refractivity contribution is 5.70. The largest absolute Gasteiger partial charge is 0.547 e. The van der Waals surface area contributed by atoms with E-state index in [9.17, 15) is 9.90 Å². The van der Waals surface area contributed by atoms with Gasteiger partial charge in [-0.1, -0.05) is 30.3 Å². The van der Waals surface area contributed by atoms with E-state index in [2.05, 4.69) is 0 Å². The van der Waals surface area contributed by atoms with Crippen molar-refractivity contribution in [1.82, 2.24) is 0 Å². The maximum atomic E-state index is 11.1. The molecule has 3 rings (SSSR count). The van der Waals surface area contributed by atoms with Crippen LogP contribution in [-0.2, 0) is 16.0 Å². The summed E-state index contributed by atoms with van der Waals surface area (Å²) in [5.74, 6) is 1.83.